The highest BCUT2D eigenvalue weighted by Gasteiger charge is 2.32. The zero-order chi connectivity index (χ0) is 12.1. The van der Waals surface area contributed by atoms with E-state index in [1.165, 1.54) is 6.92 Å². The van der Waals surface area contributed by atoms with E-state index in [4.69, 9.17) is 11.5 Å². The van der Waals surface area contributed by atoms with Crippen molar-refractivity contribution in [3.05, 3.63) is 0 Å². The number of carbonyl (C=O) groups is 1. The van der Waals surface area contributed by atoms with E-state index in [-0.39, 0.29) is 0 Å². The fourth-order valence-electron chi connectivity index (χ4n) is 1.12. The largest absolute Gasteiger partial charge is 0.348 e. The van der Waals surface area contributed by atoms with Crippen molar-refractivity contribution in [3.63, 3.8) is 0 Å². The third kappa shape index (κ3) is 5.03. The lowest BCUT2D eigenvalue weighted by molar-refractivity contribution is -0.127. The van der Waals surface area contributed by atoms with Crippen LogP contribution >= 0.6 is 0 Å². The molecule has 0 fully saturated rings. The number of nitrogens with two attached hydrogens (primary N) is 2. The summed E-state index contributed by atoms with van der Waals surface area (Å²) < 4.78 is 25.4. The topological polar surface area (TPSA) is 81.1 Å². The van der Waals surface area contributed by atoms with Gasteiger partial charge in [-0.1, -0.05) is 13.3 Å². The monoisotopic (exact) mass is 223 g/mol. The van der Waals surface area contributed by atoms with E-state index in [0.29, 0.717) is 12.8 Å². The second-order valence-electron chi connectivity index (χ2n) is 3.91. The molecular weight excluding hydrogens is 204 g/mol. The molecule has 0 aromatic heterocycles. The Morgan fingerprint density at radius 2 is 2.00 bits per heavy atom. The average molecular weight is 223 g/mol. The quantitative estimate of drug-likeness (QED) is 0.602. The van der Waals surface area contributed by atoms with Gasteiger partial charge in [-0.2, -0.15) is 0 Å². The SMILES string of the molecule is CCCC(C)(N)C(=O)NCC(F)(F)CN. The first-order chi connectivity index (χ1) is 6.75. The van der Waals surface area contributed by atoms with Crippen LogP contribution in [0.15, 0.2) is 0 Å². The molecular formula is C9H19F2N3O. The molecule has 90 valence electrons. The van der Waals surface area contributed by atoms with E-state index in [9.17, 15) is 13.6 Å². The summed E-state index contributed by atoms with van der Waals surface area (Å²) in [6, 6.07) is 0. The van der Waals surface area contributed by atoms with Crippen molar-refractivity contribution < 1.29 is 13.6 Å². The predicted octanol–water partition coefficient (Wildman–Crippen LogP) is 0.214. The van der Waals surface area contributed by atoms with Gasteiger partial charge in [-0.05, 0) is 13.3 Å². The Labute approximate surface area is 88.4 Å². The number of amides is 1. The molecule has 6 heteroatoms. The number of nitrogens with one attached hydrogen (secondary N) is 1. The summed E-state index contributed by atoms with van der Waals surface area (Å²) in [5.74, 6) is -3.64. The lowest BCUT2D eigenvalue weighted by Gasteiger charge is -2.24. The van der Waals surface area contributed by atoms with Gasteiger partial charge in [0.2, 0.25) is 5.91 Å². The van der Waals surface area contributed by atoms with Crippen molar-refractivity contribution in [1.82, 2.24) is 5.32 Å². The molecule has 0 rings (SSSR count). The standard InChI is InChI=1S/C9H19F2N3O/c1-3-4-8(2,13)7(15)14-6-9(10,11)5-12/h3-6,12-13H2,1-2H3,(H,14,15). The van der Waals surface area contributed by atoms with Gasteiger partial charge in [-0.25, -0.2) is 8.78 Å². The average Bonchev–Trinajstić information content (AvgIpc) is 2.14. The molecule has 1 unspecified atom stereocenters. The molecule has 1 atom stereocenters. The maximum absolute atomic E-state index is 12.7. The molecule has 1 amide bonds. The van der Waals surface area contributed by atoms with Crippen LogP contribution in [0.4, 0.5) is 8.78 Å². The lowest BCUT2D eigenvalue weighted by Crippen LogP contribution is -2.54. The summed E-state index contributed by atoms with van der Waals surface area (Å²) in [6.07, 6.45) is 1.17. The first-order valence-corrected chi connectivity index (χ1v) is 4.90. The molecule has 0 radical (unpaired) electrons. The number of carbonyl (C=O) groups excluding carboxylic acids is 1. The fraction of sp³-hybridized carbons (Fsp3) is 0.889. The Morgan fingerprint density at radius 1 is 1.47 bits per heavy atom. The van der Waals surface area contributed by atoms with E-state index >= 15 is 0 Å². The van der Waals surface area contributed by atoms with E-state index in [2.05, 4.69) is 5.32 Å². The Bertz CT molecular complexity index is 219. The Balaban J connectivity index is 4.14. The maximum Gasteiger partial charge on any atom is 0.277 e. The Kier molecular flexibility index (Phi) is 5.10. The van der Waals surface area contributed by atoms with Crippen LogP contribution in [0, 0.1) is 0 Å². The lowest BCUT2D eigenvalue weighted by atomic mass is 9.96. The van der Waals surface area contributed by atoms with Crippen molar-refractivity contribution >= 4 is 5.91 Å². The van der Waals surface area contributed by atoms with Crippen LogP contribution in [-0.2, 0) is 4.79 Å². The zero-order valence-corrected chi connectivity index (χ0v) is 9.15. The van der Waals surface area contributed by atoms with Gasteiger partial charge in [-0.15, -0.1) is 0 Å². The minimum absolute atomic E-state index is 0.451. The van der Waals surface area contributed by atoms with Crippen molar-refractivity contribution in [1.29, 1.82) is 0 Å². The summed E-state index contributed by atoms with van der Waals surface area (Å²) >= 11 is 0. The van der Waals surface area contributed by atoms with E-state index in [1.54, 1.807) is 0 Å². The van der Waals surface area contributed by atoms with Crippen LogP contribution in [-0.4, -0.2) is 30.5 Å². The highest BCUT2D eigenvalue weighted by atomic mass is 19.3. The van der Waals surface area contributed by atoms with Gasteiger partial charge in [0.1, 0.15) is 0 Å². The third-order valence-electron chi connectivity index (χ3n) is 2.09. The molecule has 5 N–H and O–H groups in total. The molecule has 0 heterocycles. The van der Waals surface area contributed by atoms with Gasteiger partial charge in [0.25, 0.3) is 5.92 Å². The first kappa shape index (κ1) is 14.2. The molecule has 0 aliphatic rings. The van der Waals surface area contributed by atoms with Gasteiger partial charge in [0.15, 0.2) is 0 Å². The number of alkyl halides is 2. The summed E-state index contributed by atoms with van der Waals surface area (Å²) in [5, 5.41) is 2.10. The van der Waals surface area contributed by atoms with Gasteiger partial charge in [0.05, 0.1) is 18.6 Å². The van der Waals surface area contributed by atoms with E-state index in [1.807, 2.05) is 6.92 Å². The molecule has 15 heavy (non-hydrogen) atoms. The van der Waals surface area contributed by atoms with E-state index in [0.717, 1.165) is 0 Å². The van der Waals surface area contributed by atoms with E-state index < -0.39 is 30.5 Å². The summed E-state index contributed by atoms with van der Waals surface area (Å²) in [4.78, 5) is 11.4. The van der Waals surface area contributed by atoms with Crippen molar-refractivity contribution in [2.45, 2.75) is 38.2 Å². The van der Waals surface area contributed by atoms with Crippen LogP contribution in [0.3, 0.4) is 0 Å². The second kappa shape index (κ2) is 5.37. The molecule has 0 aromatic rings. The fourth-order valence-corrected chi connectivity index (χ4v) is 1.12. The highest BCUT2D eigenvalue weighted by molar-refractivity contribution is 5.85. The van der Waals surface area contributed by atoms with Gasteiger partial charge in [-0.3, -0.25) is 4.79 Å². The molecule has 0 aliphatic carbocycles. The van der Waals surface area contributed by atoms with Crippen LogP contribution in [0.2, 0.25) is 0 Å². The molecule has 0 spiro atoms. The zero-order valence-electron chi connectivity index (χ0n) is 9.15. The van der Waals surface area contributed by atoms with Crippen LogP contribution in [0.5, 0.6) is 0 Å². The summed E-state index contributed by atoms with van der Waals surface area (Å²) in [7, 11) is 0. The van der Waals surface area contributed by atoms with Crippen LogP contribution in [0.25, 0.3) is 0 Å². The van der Waals surface area contributed by atoms with Gasteiger partial charge < -0.3 is 16.8 Å². The molecule has 0 bridgehead atoms. The summed E-state index contributed by atoms with van der Waals surface area (Å²) in [6.45, 7) is 1.83. The number of hydrogen-bond acceptors (Lipinski definition) is 3. The Morgan fingerprint density at radius 3 is 2.40 bits per heavy atom. The van der Waals surface area contributed by atoms with Crippen molar-refractivity contribution in [3.8, 4) is 0 Å². The maximum atomic E-state index is 12.7. The minimum Gasteiger partial charge on any atom is -0.348 e. The van der Waals surface area contributed by atoms with Crippen LogP contribution in [0.1, 0.15) is 26.7 Å². The Hall–Kier alpha value is -0.750. The highest BCUT2D eigenvalue weighted by Crippen LogP contribution is 2.11. The number of hydrogen-bond donors (Lipinski definition) is 3. The normalized spacial score (nSPS) is 15.9. The second-order valence-corrected chi connectivity index (χ2v) is 3.91. The first-order valence-electron chi connectivity index (χ1n) is 4.90. The molecule has 0 saturated carbocycles. The molecule has 4 nitrogen and oxygen atoms in total. The smallest absolute Gasteiger partial charge is 0.277 e. The predicted molar refractivity (Wildman–Crippen MR) is 54.5 cm³/mol. The van der Waals surface area contributed by atoms with Crippen molar-refractivity contribution in [2.24, 2.45) is 11.5 Å². The minimum atomic E-state index is -3.07. The molecule has 0 saturated heterocycles. The third-order valence-corrected chi connectivity index (χ3v) is 2.09. The van der Waals surface area contributed by atoms with Gasteiger partial charge in [0, 0.05) is 0 Å². The van der Waals surface area contributed by atoms with Crippen LogP contribution < -0.4 is 16.8 Å². The molecule has 0 aliphatic heterocycles. The van der Waals surface area contributed by atoms with Crippen molar-refractivity contribution in [2.75, 3.05) is 13.1 Å². The summed E-state index contributed by atoms with van der Waals surface area (Å²) in [5.41, 5.74) is 9.38. The number of halogens is 2. The number of rotatable bonds is 6. The van der Waals surface area contributed by atoms with Gasteiger partial charge >= 0.3 is 0 Å². The molecule has 0 aromatic carbocycles.